The Bertz CT molecular complexity index is 1860. The van der Waals surface area contributed by atoms with Gasteiger partial charge in [0.05, 0.1) is 24.5 Å². The number of amides is 2. The van der Waals surface area contributed by atoms with E-state index in [1.54, 1.807) is 0 Å². The smallest absolute Gasteiger partial charge is 0.408 e. The highest BCUT2D eigenvalue weighted by molar-refractivity contribution is 8.32. The van der Waals surface area contributed by atoms with Crippen molar-refractivity contribution in [2.45, 2.75) is 97.1 Å². The Hall–Kier alpha value is -4.09. The van der Waals surface area contributed by atoms with E-state index in [0.717, 1.165) is 64.2 Å². The molecule has 0 aliphatic heterocycles. The van der Waals surface area contributed by atoms with Gasteiger partial charge in [-0.3, -0.25) is 9.48 Å². The van der Waals surface area contributed by atoms with Crippen LogP contribution in [0.25, 0.3) is 22.3 Å². The van der Waals surface area contributed by atoms with Crippen molar-refractivity contribution in [2.24, 2.45) is 0 Å². The number of nitrogens with zero attached hydrogens (tertiary/aromatic N) is 4. The van der Waals surface area contributed by atoms with Crippen molar-refractivity contribution in [2.75, 3.05) is 36.4 Å². The molecule has 0 radical (unpaired) electrons. The quantitative estimate of drug-likeness (QED) is 0.144. The lowest BCUT2D eigenvalue weighted by molar-refractivity contribution is -0.118. The molecule has 274 valence electrons. The van der Waals surface area contributed by atoms with Crippen molar-refractivity contribution in [3.05, 3.63) is 77.4 Å². The van der Waals surface area contributed by atoms with Crippen LogP contribution in [0.2, 0.25) is 0 Å². The first kappa shape index (κ1) is 36.7. The van der Waals surface area contributed by atoms with E-state index in [4.69, 9.17) is 14.6 Å². The highest BCUT2D eigenvalue weighted by Gasteiger charge is 2.36. The minimum atomic E-state index is -0.842. The Balaban J connectivity index is 1.21. The number of aryl methyl sites for hydroxylation is 2. The summed E-state index contributed by atoms with van der Waals surface area (Å²) in [4.78, 5) is 27.4. The minimum Gasteiger partial charge on any atom is -0.444 e. The van der Waals surface area contributed by atoms with E-state index in [2.05, 4.69) is 70.5 Å². The summed E-state index contributed by atoms with van der Waals surface area (Å²) in [5.74, 6) is 0.539. The molecule has 51 heavy (non-hydrogen) atoms. The molecular formula is C40H54N6O4S. The molecule has 6 rings (SSSR count). The maximum absolute atomic E-state index is 14.2. The van der Waals surface area contributed by atoms with E-state index in [9.17, 15) is 9.59 Å². The second-order valence-electron chi connectivity index (χ2n) is 15.9. The molecule has 2 aromatic heterocycles. The summed E-state index contributed by atoms with van der Waals surface area (Å²) in [5, 5.41) is 15.4. The summed E-state index contributed by atoms with van der Waals surface area (Å²) in [5.41, 5.74) is 8.36. The average molecular weight is 715 g/mol. The second kappa shape index (κ2) is 14.9. The molecule has 2 aliphatic carbocycles. The number of ether oxygens (including phenoxy) is 2. The lowest BCUT2D eigenvalue weighted by Gasteiger charge is -2.33. The number of benzene rings is 2. The van der Waals surface area contributed by atoms with Gasteiger partial charge in [0.25, 0.3) is 0 Å². The van der Waals surface area contributed by atoms with Gasteiger partial charge in [0.2, 0.25) is 5.91 Å². The predicted octanol–water partition coefficient (Wildman–Crippen LogP) is 7.99. The zero-order chi connectivity index (χ0) is 36.5. The summed E-state index contributed by atoms with van der Waals surface area (Å²) in [6, 6.07) is 14.0. The number of carbonyl (C=O) groups excluding carboxylic acids is 2. The third kappa shape index (κ3) is 9.23. The fourth-order valence-corrected chi connectivity index (χ4v) is 7.43. The van der Waals surface area contributed by atoms with Gasteiger partial charge >= 0.3 is 6.09 Å². The molecule has 2 aliphatic rings. The van der Waals surface area contributed by atoms with Crippen molar-refractivity contribution in [3.8, 4) is 22.3 Å². The Labute approximate surface area is 304 Å². The van der Waals surface area contributed by atoms with Gasteiger partial charge in [-0.05, 0) is 120 Å². The summed E-state index contributed by atoms with van der Waals surface area (Å²) in [7, 11) is -0.613. The van der Waals surface area contributed by atoms with Crippen LogP contribution in [-0.4, -0.2) is 74.3 Å². The van der Waals surface area contributed by atoms with Crippen molar-refractivity contribution >= 4 is 27.7 Å². The summed E-state index contributed by atoms with van der Waals surface area (Å²) >= 11 is 0. The number of anilines is 1. The van der Waals surface area contributed by atoms with E-state index < -0.39 is 27.8 Å². The number of aromatic nitrogens is 4. The monoisotopic (exact) mass is 714 g/mol. The summed E-state index contributed by atoms with van der Waals surface area (Å²) in [6.07, 6.45) is 15.2. The minimum absolute atomic E-state index is 0.234. The zero-order valence-electron chi connectivity index (χ0n) is 31.4. The number of fused-ring (bicyclic) bond motifs is 1. The first-order chi connectivity index (χ1) is 24.1. The lowest BCUT2D eigenvalue weighted by atomic mass is 9.77. The van der Waals surface area contributed by atoms with Crippen LogP contribution in [0.1, 0.15) is 80.9 Å². The van der Waals surface area contributed by atoms with Gasteiger partial charge in [-0.1, -0.05) is 30.3 Å². The SMILES string of the molecule is Cc1nn(COCCS(C)(C)C)c(C)c1-c1ccc(NC(=O)[C@@H](NC(=O)OC(C)(C)C)[C@@H]2CCCc3ccc(-c4cnn(C5CC5)c4)cc32)cc1. The first-order valence-corrected chi connectivity index (χ1v) is 21.0. The number of hydrogen-bond donors (Lipinski definition) is 2. The molecule has 2 aromatic carbocycles. The van der Waals surface area contributed by atoms with Gasteiger partial charge in [-0.2, -0.15) is 10.2 Å². The van der Waals surface area contributed by atoms with E-state index in [1.807, 2.05) is 62.8 Å². The van der Waals surface area contributed by atoms with Crippen LogP contribution < -0.4 is 10.6 Å². The van der Waals surface area contributed by atoms with Gasteiger partial charge in [0.15, 0.2) is 0 Å². The van der Waals surface area contributed by atoms with Gasteiger partial charge in [-0.25, -0.2) is 19.5 Å². The van der Waals surface area contributed by atoms with Crippen molar-refractivity contribution in [1.82, 2.24) is 24.9 Å². The van der Waals surface area contributed by atoms with E-state index in [-0.39, 0.29) is 11.8 Å². The van der Waals surface area contributed by atoms with Crippen LogP contribution in [0.4, 0.5) is 10.5 Å². The maximum atomic E-state index is 14.2. The molecule has 2 atom stereocenters. The fourth-order valence-electron chi connectivity index (χ4n) is 6.81. The van der Waals surface area contributed by atoms with Crippen LogP contribution in [0.15, 0.2) is 54.9 Å². The molecule has 2 amide bonds. The molecule has 0 unspecified atom stereocenters. The average Bonchev–Trinajstić information content (AvgIpc) is 3.72. The molecule has 11 heteroatoms. The lowest BCUT2D eigenvalue weighted by Crippen LogP contribution is -2.49. The number of alkyl carbamates (subject to hydrolysis) is 1. The third-order valence-corrected chi connectivity index (χ3v) is 11.0. The number of nitrogens with one attached hydrogen (secondary N) is 2. The van der Waals surface area contributed by atoms with Crippen molar-refractivity contribution < 1.29 is 19.1 Å². The van der Waals surface area contributed by atoms with Gasteiger partial charge in [0.1, 0.15) is 18.4 Å². The number of hydrogen-bond acceptors (Lipinski definition) is 6. The number of rotatable bonds is 12. The van der Waals surface area contributed by atoms with Crippen LogP contribution in [0, 0.1) is 13.8 Å². The molecule has 2 heterocycles. The molecule has 0 spiro atoms. The summed E-state index contributed by atoms with van der Waals surface area (Å²) < 4.78 is 15.6. The van der Waals surface area contributed by atoms with Crippen LogP contribution in [-0.2, 0) is 27.4 Å². The largest absolute Gasteiger partial charge is 0.444 e. The van der Waals surface area contributed by atoms with E-state index >= 15 is 0 Å². The van der Waals surface area contributed by atoms with E-state index in [1.165, 1.54) is 18.4 Å². The topological polar surface area (TPSA) is 112 Å². The molecular weight excluding hydrogens is 661 g/mol. The molecule has 1 fully saturated rings. The Morgan fingerprint density at radius 1 is 1.00 bits per heavy atom. The normalized spacial score (nSPS) is 17.1. The van der Waals surface area contributed by atoms with Gasteiger partial charge in [-0.15, -0.1) is 0 Å². The van der Waals surface area contributed by atoms with Crippen molar-refractivity contribution in [3.63, 3.8) is 0 Å². The summed E-state index contributed by atoms with van der Waals surface area (Å²) in [6.45, 7) is 10.7. The zero-order valence-corrected chi connectivity index (χ0v) is 32.2. The van der Waals surface area contributed by atoms with Gasteiger partial charge in [0, 0.05) is 40.4 Å². The molecule has 10 nitrogen and oxygen atoms in total. The Morgan fingerprint density at radius 2 is 1.73 bits per heavy atom. The Kier molecular flexibility index (Phi) is 10.7. The van der Waals surface area contributed by atoms with Crippen LogP contribution >= 0.6 is 10.0 Å². The van der Waals surface area contributed by atoms with Crippen LogP contribution in [0.5, 0.6) is 0 Å². The highest BCUT2D eigenvalue weighted by Crippen LogP contribution is 2.39. The molecule has 1 saturated carbocycles. The van der Waals surface area contributed by atoms with Crippen LogP contribution in [0.3, 0.4) is 0 Å². The van der Waals surface area contributed by atoms with E-state index in [0.29, 0.717) is 25.1 Å². The highest BCUT2D eigenvalue weighted by atomic mass is 32.3. The predicted molar refractivity (Wildman–Crippen MR) is 207 cm³/mol. The second-order valence-corrected chi connectivity index (χ2v) is 20.5. The molecule has 4 aromatic rings. The molecule has 2 N–H and O–H groups in total. The number of carbonyl (C=O) groups is 2. The standard InChI is InChI=1S/C40H54N6O4S/c1-26-36(27(2)46(44-26)25-49-20-21-51(6,7)8)29-14-16-32(17-15-29)42-38(47)37(43-39(48)50-40(3,4)5)34-11-9-10-28-12-13-30(22-35(28)34)31-23-41-45(24-31)33-18-19-33/h12-17,22-24,33-34,37H,9-11,18-21,25H2,1-8H3,(H,42,47)(H,43,48)/t34-,37+/m1/s1. The Morgan fingerprint density at radius 3 is 2.41 bits per heavy atom. The molecule has 0 bridgehead atoms. The third-order valence-electron chi connectivity index (χ3n) is 9.60. The van der Waals surface area contributed by atoms with Gasteiger partial charge < -0.3 is 20.1 Å². The fraction of sp³-hybridized carbons (Fsp3) is 0.500. The molecule has 0 saturated heterocycles. The van der Waals surface area contributed by atoms with Crippen molar-refractivity contribution in [1.29, 1.82) is 0 Å². The maximum Gasteiger partial charge on any atom is 0.408 e. The first-order valence-electron chi connectivity index (χ1n) is 18.0.